The summed E-state index contributed by atoms with van der Waals surface area (Å²) in [5, 5.41) is 9.73. The fourth-order valence-corrected chi connectivity index (χ4v) is 10.6. The number of rotatable bonds is 17. The van der Waals surface area contributed by atoms with E-state index in [1.165, 1.54) is 128 Å². The van der Waals surface area contributed by atoms with Crippen molar-refractivity contribution in [3.05, 3.63) is 131 Å². The van der Waals surface area contributed by atoms with Crippen LogP contribution in [0.1, 0.15) is 101 Å². The molecule has 270 valence electrons. The Morgan fingerprint density at radius 1 is 0.442 bits per heavy atom. The van der Waals surface area contributed by atoms with E-state index in [4.69, 9.17) is 0 Å². The van der Waals surface area contributed by atoms with Crippen LogP contribution in [0.5, 0.6) is 0 Å². The molecule has 0 N–H and O–H groups in total. The molecule has 0 atom stereocenters. The Labute approximate surface area is 316 Å². The normalized spacial score (nSPS) is 11.6. The van der Waals surface area contributed by atoms with Gasteiger partial charge in [-0.05, 0) is 125 Å². The Morgan fingerprint density at radius 3 is 1.27 bits per heavy atom. The van der Waals surface area contributed by atoms with Crippen molar-refractivity contribution in [2.24, 2.45) is 0 Å². The van der Waals surface area contributed by atoms with Crippen molar-refractivity contribution < 1.29 is 0 Å². The number of hydrogen-bond acceptors (Lipinski definition) is 1. The lowest BCUT2D eigenvalue weighted by Crippen LogP contribution is -2.25. The summed E-state index contributed by atoms with van der Waals surface area (Å²) in [5.41, 5.74) is 10.0. The molecular weight excluding hydrogens is 646 g/mol. The summed E-state index contributed by atoms with van der Waals surface area (Å²) in [7, 11) is 3.51. The molecule has 0 aliphatic carbocycles. The highest BCUT2D eigenvalue weighted by Gasteiger charge is 2.26. The molecule has 0 fully saturated rings. The fourth-order valence-electron chi connectivity index (χ4n) is 7.88. The SMILES string of the molecule is CCCCc1cc(CCCC)cc(P(c2cc(CCCC)cc(CCCC)c2)c2ccc3ccccc3c2-c2c(N(C)C)ccc3ccccc23)c1. The average Bonchev–Trinajstić information content (AvgIpc) is 3.17. The fraction of sp³-hybridized carbons (Fsp3) is 0.360. The minimum Gasteiger partial charge on any atom is -0.377 e. The third kappa shape index (κ3) is 8.64. The van der Waals surface area contributed by atoms with E-state index in [9.17, 15) is 0 Å². The lowest BCUT2D eigenvalue weighted by atomic mass is 9.92. The van der Waals surface area contributed by atoms with Gasteiger partial charge in [0.05, 0.1) is 0 Å². The molecule has 0 spiro atoms. The molecule has 1 nitrogen and oxygen atoms in total. The van der Waals surface area contributed by atoms with E-state index in [-0.39, 0.29) is 0 Å². The van der Waals surface area contributed by atoms with Crippen LogP contribution in [0.3, 0.4) is 0 Å². The maximum atomic E-state index is 2.61. The number of hydrogen-bond donors (Lipinski definition) is 0. The van der Waals surface area contributed by atoms with Crippen LogP contribution in [0.4, 0.5) is 5.69 Å². The molecule has 0 saturated heterocycles. The number of fused-ring (bicyclic) bond motifs is 2. The number of benzene rings is 6. The Bertz CT molecular complexity index is 1970. The van der Waals surface area contributed by atoms with Gasteiger partial charge in [0, 0.05) is 30.9 Å². The predicted octanol–water partition coefficient (Wildman–Crippen LogP) is 12.9. The maximum Gasteiger partial charge on any atom is 0.0447 e. The predicted molar refractivity (Wildman–Crippen MR) is 234 cm³/mol. The molecule has 0 saturated carbocycles. The molecule has 0 aromatic heterocycles. The van der Waals surface area contributed by atoms with Gasteiger partial charge < -0.3 is 4.90 Å². The molecule has 52 heavy (non-hydrogen) atoms. The first-order chi connectivity index (χ1) is 25.4. The molecular formula is C50H60NP. The third-order valence-electron chi connectivity index (χ3n) is 10.7. The van der Waals surface area contributed by atoms with Gasteiger partial charge in [-0.15, -0.1) is 0 Å². The van der Waals surface area contributed by atoms with Crippen LogP contribution in [-0.2, 0) is 25.7 Å². The molecule has 0 aliphatic rings. The van der Waals surface area contributed by atoms with Crippen molar-refractivity contribution >= 4 is 51.1 Å². The lowest BCUT2D eigenvalue weighted by Gasteiger charge is -2.28. The van der Waals surface area contributed by atoms with E-state index < -0.39 is 7.92 Å². The van der Waals surface area contributed by atoms with Crippen molar-refractivity contribution in [3.63, 3.8) is 0 Å². The highest BCUT2D eigenvalue weighted by molar-refractivity contribution is 7.80. The van der Waals surface area contributed by atoms with Gasteiger partial charge in [-0.25, -0.2) is 0 Å². The summed E-state index contributed by atoms with van der Waals surface area (Å²) in [6.07, 6.45) is 14.3. The van der Waals surface area contributed by atoms with Crippen LogP contribution in [0.2, 0.25) is 0 Å². The van der Waals surface area contributed by atoms with Crippen molar-refractivity contribution in [1.29, 1.82) is 0 Å². The molecule has 0 heterocycles. The monoisotopic (exact) mass is 705 g/mol. The van der Waals surface area contributed by atoms with Crippen molar-refractivity contribution in [2.45, 2.75) is 105 Å². The van der Waals surface area contributed by atoms with E-state index in [1.807, 2.05) is 0 Å². The smallest absolute Gasteiger partial charge is 0.0447 e. The van der Waals surface area contributed by atoms with E-state index >= 15 is 0 Å². The second-order valence-corrected chi connectivity index (χ2v) is 17.2. The van der Waals surface area contributed by atoms with Crippen LogP contribution in [0.25, 0.3) is 32.7 Å². The van der Waals surface area contributed by atoms with E-state index in [0.29, 0.717) is 0 Å². The Morgan fingerprint density at radius 2 is 0.846 bits per heavy atom. The summed E-state index contributed by atoms with van der Waals surface area (Å²) in [4.78, 5) is 2.32. The molecule has 6 aromatic rings. The summed E-state index contributed by atoms with van der Waals surface area (Å²) in [6.45, 7) is 9.29. The highest BCUT2D eigenvalue weighted by atomic mass is 31.1. The van der Waals surface area contributed by atoms with Crippen LogP contribution < -0.4 is 20.8 Å². The summed E-state index contributed by atoms with van der Waals surface area (Å²) in [6, 6.07) is 43.2. The van der Waals surface area contributed by atoms with Gasteiger partial charge in [-0.3, -0.25) is 0 Å². The number of anilines is 1. The van der Waals surface area contributed by atoms with Gasteiger partial charge in [0.1, 0.15) is 0 Å². The zero-order chi connectivity index (χ0) is 36.5. The van der Waals surface area contributed by atoms with Gasteiger partial charge in [0.25, 0.3) is 0 Å². The topological polar surface area (TPSA) is 3.24 Å². The van der Waals surface area contributed by atoms with Gasteiger partial charge in [-0.2, -0.15) is 0 Å². The standard InChI is InChI=1S/C50H60NP/c1-7-11-19-37-31-38(20-12-8-2)34-43(33-37)52(44-35-39(21-13-9-3)32-40(36-44)22-14-10-4)48-30-28-42-24-16-18-26-46(42)50(48)49-45-25-17-15-23-41(45)27-29-47(49)51(5)6/h15-18,23-36H,7-14,19-22H2,1-6H3. The molecule has 0 bridgehead atoms. The molecule has 6 aromatic carbocycles. The van der Waals surface area contributed by atoms with Crippen molar-refractivity contribution in [3.8, 4) is 11.1 Å². The van der Waals surface area contributed by atoms with Gasteiger partial charge >= 0.3 is 0 Å². The van der Waals surface area contributed by atoms with Crippen molar-refractivity contribution in [1.82, 2.24) is 0 Å². The molecule has 0 radical (unpaired) electrons. The van der Waals surface area contributed by atoms with Crippen molar-refractivity contribution in [2.75, 3.05) is 19.0 Å². The Kier molecular flexibility index (Phi) is 13.2. The molecule has 0 amide bonds. The second kappa shape index (κ2) is 18.2. The minimum atomic E-state index is -0.894. The Balaban J connectivity index is 1.74. The van der Waals surface area contributed by atoms with Gasteiger partial charge in [0.2, 0.25) is 0 Å². The summed E-state index contributed by atoms with van der Waals surface area (Å²) < 4.78 is 0. The molecule has 6 rings (SSSR count). The maximum absolute atomic E-state index is 2.61. The number of nitrogens with zero attached hydrogens (tertiary/aromatic N) is 1. The van der Waals surface area contributed by atoms with Crippen LogP contribution in [-0.4, -0.2) is 14.1 Å². The number of unbranched alkanes of at least 4 members (excludes halogenated alkanes) is 4. The Hall–Kier alpha value is -3.93. The first-order valence-electron chi connectivity index (χ1n) is 20.2. The van der Waals surface area contributed by atoms with E-state index in [1.54, 1.807) is 0 Å². The first-order valence-corrected chi connectivity index (χ1v) is 21.6. The van der Waals surface area contributed by atoms with Crippen LogP contribution in [0.15, 0.2) is 109 Å². The highest BCUT2D eigenvalue weighted by Crippen LogP contribution is 2.46. The third-order valence-corrected chi connectivity index (χ3v) is 13.1. The largest absolute Gasteiger partial charge is 0.377 e. The zero-order valence-electron chi connectivity index (χ0n) is 32.8. The van der Waals surface area contributed by atoms with Gasteiger partial charge in [-0.1, -0.05) is 157 Å². The van der Waals surface area contributed by atoms with Crippen LogP contribution in [0, 0.1) is 0 Å². The lowest BCUT2D eigenvalue weighted by molar-refractivity contribution is 0.781. The quantitative estimate of drug-likeness (QED) is 0.0854. The first kappa shape index (κ1) is 37.8. The molecule has 0 unspecified atom stereocenters. The molecule has 0 aliphatic heterocycles. The van der Waals surface area contributed by atoms with E-state index in [2.05, 4.69) is 156 Å². The summed E-state index contributed by atoms with van der Waals surface area (Å²) >= 11 is 0. The van der Waals surface area contributed by atoms with Crippen LogP contribution >= 0.6 is 7.92 Å². The molecule has 2 heteroatoms. The zero-order valence-corrected chi connectivity index (χ0v) is 33.7. The summed E-state index contributed by atoms with van der Waals surface area (Å²) in [5.74, 6) is 0. The van der Waals surface area contributed by atoms with Gasteiger partial charge in [0.15, 0.2) is 0 Å². The van der Waals surface area contributed by atoms with E-state index in [0.717, 1.165) is 25.7 Å². The minimum absolute atomic E-state index is 0.894. The average molecular weight is 706 g/mol. The number of aryl methyl sites for hydroxylation is 4. The second-order valence-electron chi connectivity index (χ2n) is 15.0.